The van der Waals surface area contributed by atoms with Crippen molar-refractivity contribution in [1.29, 1.82) is 0 Å². The highest BCUT2D eigenvalue weighted by Crippen LogP contribution is 2.38. The fourth-order valence-electron chi connectivity index (χ4n) is 2.46. The fraction of sp³-hybridized carbons (Fsp3) is 0.467. The van der Waals surface area contributed by atoms with Crippen molar-refractivity contribution in [2.24, 2.45) is 0 Å². The molecule has 2 aliphatic carbocycles. The van der Waals surface area contributed by atoms with Gasteiger partial charge in [0.15, 0.2) is 0 Å². The highest BCUT2D eigenvalue weighted by atomic mass is 16.2. The van der Waals surface area contributed by atoms with Crippen LogP contribution in [0.2, 0.25) is 0 Å². The molecule has 108 valence electrons. The van der Waals surface area contributed by atoms with Crippen LogP contribution in [0.1, 0.15) is 53.7 Å². The molecule has 0 atom stereocenters. The average molecular weight is 283 g/mol. The number of amides is 1. The SMILES string of the molecule is O=C(c1n[nH]c(C2CC2)n1)N(Cc1ccccn1)C1CC1. The Morgan fingerprint density at radius 1 is 1.29 bits per heavy atom. The Hall–Kier alpha value is -2.24. The standard InChI is InChI=1S/C15H17N5O/c21-15(14-17-13(18-19-14)10-4-5-10)20(12-6-7-12)9-11-3-1-2-8-16-11/h1-3,8,10,12H,4-7,9H2,(H,17,18,19). The average Bonchev–Trinajstić information content (AvgIpc) is 3.44. The summed E-state index contributed by atoms with van der Waals surface area (Å²) in [6.45, 7) is 0.525. The summed E-state index contributed by atoms with van der Waals surface area (Å²) in [5, 5.41) is 7.00. The van der Waals surface area contributed by atoms with Gasteiger partial charge in [0.05, 0.1) is 12.2 Å². The number of aromatic nitrogens is 4. The first-order valence-corrected chi connectivity index (χ1v) is 7.44. The summed E-state index contributed by atoms with van der Waals surface area (Å²) in [7, 11) is 0. The third-order valence-electron chi connectivity index (χ3n) is 3.97. The van der Waals surface area contributed by atoms with Gasteiger partial charge in [-0.1, -0.05) is 6.07 Å². The van der Waals surface area contributed by atoms with E-state index in [1.54, 1.807) is 6.20 Å². The zero-order chi connectivity index (χ0) is 14.2. The molecule has 0 bridgehead atoms. The molecule has 2 aliphatic rings. The topological polar surface area (TPSA) is 74.8 Å². The fourth-order valence-corrected chi connectivity index (χ4v) is 2.46. The number of pyridine rings is 1. The number of carbonyl (C=O) groups excluding carboxylic acids is 1. The first-order valence-electron chi connectivity index (χ1n) is 7.44. The molecule has 0 unspecified atom stereocenters. The second kappa shape index (κ2) is 4.95. The number of nitrogens with zero attached hydrogens (tertiary/aromatic N) is 4. The molecule has 6 nitrogen and oxygen atoms in total. The lowest BCUT2D eigenvalue weighted by Crippen LogP contribution is -2.33. The second-order valence-corrected chi connectivity index (χ2v) is 5.80. The van der Waals surface area contributed by atoms with Gasteiger partial charge in [-0.3, -0.25) is 14.9 Å². The summed E-state index contributed by atoms with van der Waals surface area (Å²) in [5.41, 5.74) is 0.899. The Labute approximate surface area is 122 Å². The normalized spacial score (nSPS) is 17.7. The quantitative estimate of drug-likeness (QED) is 0.909. The van der Waals surface area contributed by atoms with E-state index in [0.717, 1.165) is 37.2 Å². The molecule has 0 radical (unpaired) electrons. The molecule has 4 rings (SSSR count). The summed E-state index contributed by atoms with van der Waals surface area (Å²) in [5.74, 6) is 1.53. The highest BCUT2D eigenvalue weighted by Gasteiger charge is 2.36. The van der Waals surface area contributed by atoms with E-state index in [2.05, 4.69) is 20.2 Å². The predicted octanol–water partition coefficient (Wildman–Crippen LogP) is 1.88. The molecule has 2 aromatic heterocycles. The van der Waals surface area contributed by atoms with Crippen LogP contribution in [0.4, 0.5) is 0 Å². The van der Waals surface area contributed by atoms with Crippen molar-refractivity contribution in [1.82, 2.24) is 25.1 Å². The van der Waals surface area contributed by atoms with Crippen LogP contribution in [0.25, 0.3) is 0 Å². The summed E-state index contributed by atoms with van der Waals surface area (Å²) >= 11 is 0. The summed E-state index contributed by atoms with van der Waals surface area (Å²) < 4.78 is 0. The zero-order valence-electron chi connectivity index (χ0n) is 11.7. The first-order chi connectivity index (χ1) is 10.3. The molecule has 2 fully saturated rings. The minimum Gasteiger partial charge on any atom is -0.327 e. The molecule has 6 heteroatoms. The molecule has 0 spiro atoms. The maximum atomic E-state index is 12.6. The molecule has 21 heavy (non-hydrogen) atoms. The van der Waals surface area contributed by atoms with Crippen LogP contribution >= 0.6 is 0 Å². The lowest BCUT2D eigenvalue weighted by molar-refractivity contribution is 0.0715. The molecular weight excluding hydrogens is 266 g/mol. The van der Waals surface area contributed by atoms with Gasteiger partial charge in [-0.15, -0.1) is 5.10 Å². The van der Waals surface area contributed by atoms with Gasteiger partial charge < -0.3 is 4.90 Å². The number of carbonyl (C=O) groups is 1. The molecular formula is C15H17N5O. The molecule has 0 aliphatic heterocycles. The van der Waals surface area contributed by atoms with E-state index in [9.17, 15) is 4.79 Å². The van der Waals surface area contributed by atoms with Gasteiger partial charge in [0.25, 0.3) is 5.91 Å². The molecule has 2 saturated carbocycles. The van der Waals surface area contributed by atoms with Crippen molar-refractivity contribution in [3.8, 4) is 0 Å². The molecule has 2 heterocycles. The third kappa shape index (κ3) is 2.66. The lowest BCUT2D eigenvalue weighted by Gasteiger charge is -2.20. The maximum Gasteiger partial charge on any atom is 0.294 e. The minimum absolute atomic E-state index is 0.0914. The Kier molecular flexibility index (Phi) is 2.94. The molecule has 0 saturated heterocycles. The van der Waals surface area contributed by atoms with E-state index in [0.29, 0.717) is 24.3 Å². The minimum atomic E-state index is -0.0914. The monoisotopic (exact) mass is 283 g/mol. The van der Waals surface area contributed by atoms with Gasteiger partial charge in [-0.25, -0.2) is 4.98 Å². The van der Waals surface area contributed by atoms with E-state index in [1.165, 1.54) is 0 Å². The van der Waals surface area contributed by atoms with Crippen molar-refractivity contribution in [2.75, 3.05) is 0 Å². The molecule has 1 amide bonds. The summed E-state index contributed by atoms with van der Waals surface area (Å²) in [6.07, 6.45) is 6.14. The van der Waals surface area contributed by atoms with Gasteiger partial charge in [0.2, 0.25) is 5.82 Å². The Bertz CT molecular complexity index is 645. The van der Waals surface area contributed by atoms with Crippen molar-refractivity contribution in [3.05, 3.63) is 41.7 Å². The smallest absolute Gasteiger partial charge is 0.294 e. The molecule has 2 aromatic rings. The lowest BCUT2D eigenvalue weighted by atomic mass is 10.3. The van der Waals surface area contributed by atoms with Crippen LogP contribution in [0.15, 0.2) is 24.4 Å². The Morgan fingerprint density at radius 2 is 2.14 bits per heavy atom. The van der Waals surface area contributed by atoms with Crippen LogP contribution in [0, 0.1) is 0 Å². The summed E-state index contributed by atoms with van der Waals surface area (Å²) in [6, 6.07) is 6.07. The van der Waals surface area contributed by atoms with Gasteiger partial charge in [-0.2, -0.15) is 0 Å². The molecule has 1 N–H and O–H groups in total. The zero-order valence-corrected chi connectivity index (χ0v) is 11.7. The Balaban J connectivity index is 1.53. The molecule has 0 aromatic carbocycles. The van der Waals surface area contributed by atoms with Crippen LogP contribution in [-0.2, 0) is 6.54 Å². The van der Waals surface area contributed by atoms with Crippen LogP contribution < -0.4 is 0 Å². The van der Waals surface area contributed by atoms with E-state index < -0.39 is 0 Å². The van der Waals surface area contributed by atoms with Gasteiger partial charge in [0.1, 0.15) is 5.82 Å². The van der Waals surface area contributed by atoms with E-state index >= 15 is 0 Å². The highest BCUT2D eigenvalue weighted by molar-refractivity contribution is 5.90. The van der Waals surface area contributed by atoms with Gasteiger partial charge in [0, 0.05) is 18.2 Å². The largest absolute Gasteiger partial charge is 0.327 e. The van der Waals surface area contributed by atoms with Crippen molar-refractivity contribution in [2.45, 2.75) is 44.2 Å². The summed E-state index contributed by atoms with van der Waals surface area (Å²) in [4.78, 5) is 23.2. The number of hydrogen-bond acceptors (Lipinski definition) is 4. The van der Waals surface area contributed by atoms with Crippen LogP contribution in [-0.4, -0.2) is 37.0 Å². The Morgan fingerprint density at radius 3 is 2.81 bits per heavy atom. The van der Waals surface area contributed by atoms with Crippen molar-refractivity contribution >= 4 is 5.91 Å². The number of hydrogen-bond donors (Lipinski definition) is 1. The van der Waals surface area contributed by atoms with E-state index in [-0.39, 0.29) is 5.91 Å². The first kappa shape index (κ1) is 12.5. The van der Waals surface area contributed by atoms with Crippen LogP contribution in [0.3, 0.4) is 0 Å². The van der Waals surface area contributed by atoms with E-state index in [1.807, 2.05) is 23.1 Å². The van der Waals surface area contributed by atoms with Crippen molar-refractivity contribution < 1.29 is 4.79 Å². The number of aromatic amines is 1. The number of H-pyrrole nitrogens is 1. The number of rotatable bonds is 5. The van der Waals surface area contributed by atoms with Gasteiger partial charge in [-0.05, 0) is 37.8 Å². The van der Waals surface area contributed by atoms with Crippen molar-refractivity contribution in [3.63, 3.8) is 0 Å². The van der Waals surface area contributed by atoms with Gasteiger partial charge >= 0.3 is 0 Å². The maximum absolute atomic E-state index is 12.6. The van der Waals surface area contributed by atoms with E-state index in [4.69, 9.17) is 0 Å². The number of nitrogens with one attached hydrogen (secondary N) is 1. The van der Waals surface area contributed by atoms with Crippen LogP contribution in [0.5, 0.6) is 0 Å². The third-order valence-corrected chi connectivity index (χ3v) is 3.97. The predicted molar refractivity (Wildman–Crippen MR) is 75.5 cm³/mol. The second-order valence-electron chi connectivity index (χ2n) is 5.80.